The first-order chi connectivity index (χ1) is 9.02. The minimum absolute atomic E-state index is 0.361. The highest BCUT2D eigenvalue weighted by molar-refractivity contribution is 5.95. The largest absolute Gasteiger partial charge is 0.496 e. The van der Waals surface area contributed by atoms with Crippen LogP contribution >= 0.6 is 0 Å². The molecule has 0 saturated carbocycles. The summed E-state index contributed by atoms with van der Waals surface area (Å²) in [5.74, 6) is 0.478. The van der Waals surface area contributed by atoms with Gasteiger partial charge in [-0.3, -0.25) is 0 Å². The molecular weight excluding hydrogens is 244 g/mol. The Balaban J connectivity index is 2.23. The summed E-state index contributed by atoms with van der Waals surface area (Å²) in [7, 11) is 1.53. The zero-order chi connectivity index (χ0) is 14.0. The molecule has 0 spiro atoms. The summed E-state index contributed by atoms with van der Waals surface area (Å²) in [5.41, 5.74) is 1.36. The van der Waals surface area contributed by atoms with Crippen LogP contribution < -0.4 is 4.74 Å². The predicted molar refractivity (Wildman–Crippen MR) is 71.4 cm³/mol. The van der Waals surface area contributed by atoms with Gasteiger partial charge in [-0.2, -0.15) is 0 Å². The summed E-state index contributed by atoms with van der Waals surface area (Å²) in [4.78, 5) is 12.1. The molecule has 2 atom stereocenters. The fourth-order valence-corrected chi connectivity index (χ4v) is 2.45. The first-order valence-electron chi connectivity index (χ1n) is 6.57. The van der Waals surface area contributed by atoms with E-state index in [0.29, 0.717) is 30.1 Å². The van der Waals surface area contributed by atoms with Gasteiger partial charge in [0, 0.05) is 6.42 Å². The lowest BCUT2D eigenvalue weighted by molar-refractivity contribution is -0.0293. The SMILES string of the molecule is COc1cccc2c1C(=O)O[C@@H]([C@H](O)CC(C)C)C2. The molecule has 1 aliphatic rings. The molecule has 1 N–H and O–H groups in total. The van der Waals surface area contributed by atoms with E-state index >= 15 is 0 Å². The Hall–Kier alpha value is -1.55. The summed E-state index contributed by atoms with van der Waals surface area (Å²) in [6, 6.07) is 5.47. The van der Waals surface area contributed by atoms with Crippen LogP contribution in [-0.2, 0) is 11.2 Å². The fraction of sp³-hybridized carbons (Fsp3) is 0.533. The Morgan fingerprint density at radius 3 is 2.84 bits per heavy atom. The number of carbonyl (C=O) groups excluding carboxylic acids is 1. The number of aliphatic hydroxyl groups is 1. The molecule has 19 heavy (non-hydrogen) atoms. The first kappa shape index (κ1) is 13.9. The number of benzene rings is 1. The number of fused-ring (bicyclic) bond motifs is 1. The normalized spacial score (nSPS) is 19.8. The summed E-state index contributed by atoms with van der Waals surface area (Å²) in [5, 5.41) is 10.1. The van der Waals surface area contributed by atoms with E-state index in [9.17, 15) is 9.90 Å². The molecule has 0 unspecified atom stereocenters. The van der Waals surface area contributed by atoms with Gasteiger partial charge in [-0.05, 0) is 24.0 Å². The molecule has 4 nitrogen and oxygen atoms in total. The molecule has 1 heterocycles. The third kappa shape index (κ3) is 2.89. The van der Waals surface area contributed by atoms with E-state index in [-0.39, 0.29) is 0 Å². The van der Waals surface area contributed by atoms with Crippen molar-refractivity contribution in [3.8, 4) is 5.75 Å². The van der Waals surface area contributed by atoms with E-state index in [1.54, 1.807) is 6.07 Å². The monoisotopic (exact) mass is 264 g/mol. The number of methoxy groups -OCH3 is 1. The Kier molecular flexibility index (Phi) is 4.10. The summed E-state index contributed by atoms with van der Waals surface area (Å²) < 4.78 is 10.5. The molecule has 1 aromatic carbocycles. The minimum atomic E-state index is -0.622. The van der Waals surface area contributed by atoms with Gasteiger partial charge >= 0.3 is 5.97 Å². The number of esters is 1. The van der Waals surface area contributed by atoms with Crippen molar-refractivity contribution in [3.05, 3.63) is 29.3 Å². The van der Waals surface area contributed by atoms with Crippen molar-refractivity contribution in [2.45, 2.75) is 38.9 Å². The Labute approximate surface area is 113 Å². The lowest BCUT2D eigenvalue weighted by atomic mass is 9.92. The molecule has 0 fully saturated rings. The van der Waals surface area contributed by atoms with Crippen LogP contribution in [0, 0.1) is 5.92 Å². The molecule has 0 aliphatic carbocycles. The second kappa shape index (κ2) is 5.61. The topological polar surface area (TPSA) is 55.8 Å². The molecule has 4 heteroatoms. The molecule has 1 aliphatic heterocycles. The van der Waals surface area contributed by atoms with Crippen LogP contribution in [0.3, 0.4) is 0 Å². The van der Waals surface area contributed by atoms with Crippen molar-refractivity contribution in [1.82, 2.24) is 0 Å². The highest BCUT2D eigenvalue weighted by Crippen LogP contribution is 2.30. The van der Waals surface area contributed by atoms with Crippen LogP contribution in [0.5, 0.6) is 5.75 Å². The number of hydrogen-bond acceptors (Lipinski definition) is 4. The molecule has 0 amide bonds. The molecule has 0 aromatic heterocycles. The maximum absolute atomic E-state index is 12.1. The molecule has 1 aromatic rings. The van der Waals surface area contributed by atoms with Crippen molar-refractivity contribution in [2.75, 3.05) is 7.11 Å². The van der Waals surface area contributed by atoms with Crippen LogP contribution in [0.25, 0.3) is 0 Å². The van der Waals surface area contributed by atoms with E-state index in [4.69, 9.17) is 9.47 Å². The van der Waals surface area contributed by atoms with Crippen molar-refractivity contribution in [3.63, 3.8) is 0 Å². The standard InChI is InChI=1S/C15H20O4/c1-9(2)7-11(16)13-8-10-5-4-6-12(18-3)14(10)15(17)19-13/h4-6,9,11,13,16H,7-8H2,1-3H3/t11-,13-/m1/s1. The Morgan fingerprint density at radius 2 is 2.21 bits per heavy atom. The van der Waals surface area contributed by atoms with E-state index in [2.05, 4.69) is 0 Å². The van der Waals surface area contributed by atoms with Gasteiger partial charge in [-0.1, -0.05) is 26.0 Å². The lowest BCUT2D eigenvalue weighted by Crippen LogP contribution is -2.38. The zero-order valence-corrected chi connectivity index (χ0v) is 11.6. The van der Waals surface area contributed by atoms with E-state index < -0.39 is 18.2 Å². The van der Waals surface area contributed by atoms with Crippen LogP contribution in [0.4, 0.5) is 0 Å². The van der Waals surface area contributed by atoms with Gasteiger partial charge in [0.2, 0.25) is 0 Å². The Morgan fingerprint density at radius 1 is 1.47 bits per heavy atom. The summed E-state index contributed by atoms with van der Waals surface area (Å²) >= 11 is 0. The number of rotatable bonds is 4. The van der Waals surface area contributed by atoms with Crippen LogP contribution in [-0.4, -0.2) is 30.4 Å². The quantitative estimate of drug-likeness (QED) is 0.847. The fourth-order valence-electron chi connectivity index (χ4n) is 2.45. The predicted octanol–water partition coefficient (Wildman–Crippen LogP) is 2.18. The highest BCUT2D eigenvalue weighted by Gasteiger charge is 2.33. The highest BCUT2D eigenvalue weighted by atomic mass is 16.6. The van der Waals surface area contributed by atoms with Crippen LogP contribution in [0.15, 0.2) is 18.2 Å². The summed E-state index contributed by atoms with van der Waals surface area (Å²) in [6.07, 6.45) is 0.0708. The maximum Gasteiger partial charge on any atom is 0.342 e. The van der Waals surface area contributed by atoms with Gasteiger partial charge in [-0.25, -0.2) is 4.79 Å². The first-order valence-corrected chi connectivity index (χ1v) is 6.57. The number of cyclic esters (lactones) is 1. The third-order valence-electron chi connectivity index (χ3n) is 3.36. The molecule has 104 valence electrons. The van der Waals surface area contributed by atoms with E-state index in [0.717, 1.165) is 5.56 Å². The zero-order valence-electron chi connectivity index (χ0n) is 11.6. The number of aliphatic hydroxyl groups excluding tert-OH is 1. The van der Waals surface area contributed by atoms with E-state index in [1.807, 2.05) is 26.0 Å². The van der Waals surface area contributed by atoms with Crippen molar-refractivity contribution in [1.29, 1.82) is 0 Å². The third-order valence-corrected chi connectivity index (χ3v) is 3.36. The average Bonchev–Trinajstić information content (AvgIpc) is 2.36. The van der Waals surface area contributed by atoms with Crippen molar-refractivity contribution >= 4 is 5.97 Å². The second-order valence-electron chi connectivity index (χ2n) is 5.34. The number of ether oxygens (including phenoxy) is 2. The molecule has 0 saturated heterocycles. The molecule has 0 radical (unpaired) electrons. The van der Waals surface area contributed by atoms with Gasteiger partial charge < -0.3 is 14.6 Å². The minimum Gasteiger partial charge on any atom is -0.496 e. The van der Waals surface area contributed by atoms with Gasteiger partial charge in [0.1, 0.15) is 17.4 Å². The molecule has 0 bridgehead atoms. The lowest BCUT2D eigenvalue weighted by Gasteiger charge is -2.29. The molecule has 2 rings (SSSR count). The van der Waals surface area contributed by atoms with Crippen molar-refractivity contribution < 1.29 is 19.4 Å². The van der Waals surface area contributed by atoms with Gasteiger partial charge in [0.25, 0.3) is 0 Å². The van der Waals surface area contributed by atoms with Gasteiger partial charge in [-0.15, -0.1) is 0 Å². The van der Waals surface area contributed by atoms with Crippen molar-refractivity contribution in [2.24, 2.45) is 5.92 Å². The maximum atomic E-state index is 12.1. The average molecular weight is 264 g/mol. The second-order valence-corrected chi connectivity index (χ2v) is 5.34. The van der Waals surface area contributed by atoms with Gasteiger partial charge in [0.05, 0.1) is 13.2 Å². The molecular formula is C15H20O4. The summed E-state index contributed by atoms with van der Waals surface area (Å²) in [6.45, 7) is 4.07. The van der Waals surface area contributed by atoms with Gasteiger partial charge in [0.15, 0.2) is 0 Å². The van der Waals surface area contributed by atoms with E-state index in [1.165, 1.54) is 7.11 Å². The van der Waals surface area contributed by atoms with Crippen LogP contribution in [0.1, 0.15) is 36.2 Å². The number of carbonyl (C=O) groups is 1. The Bertz CT molecular complexity index is 467. The van der Waals surface area contributed by atoms with Crippen LogP contribution in [0.2, 0.25) is 0 Å². The number of hydrogen-bond donors (Lipinski definition) is 1. The smallest absolute Gasteiger partial charge is 0.342 e.